The van der Waals surface area contributed by atoms with Crippen LogP contribution in [0.2, 0.25) is 0 Å². The summed E-state index contributed by atoms with van der Waals surface area (Å²) in [7, 11) is 0. The fourth-order valence-electron chi connectivity index (χ4n) is 2.51. The molecule has 0 bridgehead atoms. The van der Waals surface area contributed by atoms with E-state index in [2.05, 4.69) is 16.8 Å². The van der Waals surface area contributed by atoms with Gasteiger partial charge in [0.25, 0.3) is 0 Å². The van der Waals surface area contributed by atoms with Crippen molar-refractivity contribution in [3.05, 3.63) is 48.3 Å². The van der Waals surface area contributed by atoms with Gasteiger partial charge in [-0.2, -0.15) is 0 Å². The van der Waals surface area contributed by atoms with Crippen molar-refractivity contribution in [2.24, 2.45) is 0 Å². The van der Waals surface area contributed by atoms with Gasteiger partial charge in [-0.3, -0.25) is 4.90 Å². The second kappa shape index (κ2) is 6.66. The zero-order chi connectivity index (χ0) is 12.8. The average molecular weight is 248 g/mol. The van der Waals surface area contributed by atoms with Gasteiger partial charge in [0.1, 0.15) is 5.82 Å². The van der Waals surface area contributed by atoms with Gasteiger partial charge in [0, 0.05) is 32.2 Å². The van der Waals surface area contributed by atoms with Crippen LogP contribution in [0.3, 0.4) is 0 Å². The van der Waals surface area contributed by atoms with Crippen LogP contribution in [0.4, 0.5) is 4.39 Å². The Labute approximate surface area is 108 Å². The minimum Gasteiger partial charge on any atom is -0.314 e. The van der Waals surface area contributed by atoms with Crippen molar-refractivity contribution in [3.63, 3.8) is 0 Å². The summed E-state index contributed by atoms with van der Waals surface area (Å²) in [5.41, 5.74) is 1.21. The van der Waals surface area contributed by atoms with Gasteiger partial charge in [-0.15, -0.1) is 6.58 Å². The maximum atomic E-state index is 13.0. The molecule has 0 saturated carbocycles. The second-order valence-electron chi connectivity index (χ2n) is 4.72. The number of nitrogens with one attached hydrogen (secondary N) is 1. The molecule has 0 unspecified atom stereocenters. The highest BCUT2D eigenvalue weighted by atomic mass is 19.1. The molecule has 0 radical (unpaired) electrons. The summed E-state index contributed by atoms with van der Waals surface area (Å²) in [5.74, 6) is -0.165. The van der Waals surface area contributed by atoms with Crippen LogP contribution in [-0.2, 0) is 0 Å². The Morgan fingerprint density at radius 3 is 2.56 bits per heavy atom. The molecule has 1 aliphatic rings. The van der Waals surface area contributed by atoms with Gasteiger partial charge in [-0.25, -0.2) is 4.39 Å². The van der Waals surface area contributed by atoms with E-state index in [9.17, 15) is 4.39 Å². The van der Waals surface area contributed by atoms with Gasteiger partial charge in [-0.05, 0) is 30.5 Å². The van der Waals surface area contributed by atoms with E-state index in [1.807, 2.05) is 18.2 Å². The zero-order valence-electron chi connectivity index (χ0n) is 10.7. The normalized spacial score (nSPS) is 18.5. The first-order chi connectivity index (χ1) is 8.81. The van der Waals surface area contributed by atoms with E-state index < -0.39 is 0 Å². The molecular formula is C15H21FN2. The number of halogens is 1. The molecule has 18 heavy (non-hydrogen) atoms. The van der Waals surface area contributed by atoms with Crippen LogP contribution in [0.5, 0.6) is 0 Å². The van der Waals surface area contributed by atoms with Crippen molar-refractivity contribution in [1.29, 1.82) is 0 Å². The first-order valence-electron chi connectivity index (χ1n) is 6.62. The Hall–Kier alpha value is -1.19. The van der Waals surface area contributed by atoms with Gasteiger partial charge in [0.2, 0.25) is 0 Å². The van der Waals surface area contributed by atoms with Crippen molar-refractivity contribution < 1.29 is 4.39 Å². The Morgan fingerprint density at radius 2 is 1.94 bits per heavy atom. The number of nitrogens with zero attached hydrogens (tertiary/aromatic N) is 1. The molecule has 1 aromatic carbocycles. The first-order valence-corrected chi connectivity index (χ1v) is 6.62. The summed E-state index contributed by atoms with van der Waals surface area (Å²) >= 11 is 0. The molecule has 3 heteroatoms. The average Bonchev–Trinajstić information content (AvgIpc) is 2.42. The summed E-state index contributed by atoms with van der Waals surface area (Å²) in [6, 6.07) is 7.30. The lowest BCUT2D eigenvalue weighted by Crippen LogP contribution is -2.45. The third-order valence-electron chi connectivity index (χ3n) is 3.49. The van der Waals surface area contributed by atoms with Gasteiger partial charge < -0.3 is 5.32 Å². The van der Waals surface area contributed by atoms with E-state index in [-0.39, 0.29) is 5.82 Å². The molecule has 0 spiro atoms. The van der Waals surface area contributed by atoms with Crippen LogP contribution in [0.15, 0.2) is 36.9 Å². The van der Waals surface area contributed by atoms with E-state index >= 15 is 0 Å². The minimum atomic E-state index is -0.165. The molecule has 1 aromatic rings. The summed E-state index contributed by atoms with van der Waals surface area (Å²) < 4.78 is 13.0. The Morgan fingerprint density at radius 1 is 1.28 bits per heavy atom. The third kappa shape index (κ3) is 3.40. The van der Waals surface area contributed by atoms with Crippen molar-refractivity contribution >= 4 is 0 Å². The Bertz CT molecular complexity index is 369. The number of hydrogen-bond acceptors (Lipinski definition) is 2. The summed E-state index contributed by atoms with van der Waals surface area (Å²) in [4.78, 5) is 2.48. The van der Waals surface area contributed by atoms with Gasteiger partial charge in [0.05, 0.1) is 0 Å². The quantitative estimate of drug-likeness (QED) is 0.806. The van der Waals surface area contributed by atoms with Crippen LogP contribution >= 0.6 is 0 Å². The lowest BCUT2D eigenvalue weighted by molar-refractivity contribution is 0.166. The lowest BCUT2D eigenvalue weighted by Gasteiger charge is -2.35. The summed E-state index contributed by atoms with van der Waals surface area (Å²) in [6.45, 7) is 7.97. The highest BCUT2D eigenvalue weighted by Gasteiger charge is 2.21. The van der Waals surface area contributed by atoms with Gasteiger partial charge in [-0.1, -0.05) is 18.2 Å². The Balaban J connectivity index is 2.12. The number of piperazine rings is 1. The van der Waals surface area contributed by atoms with Crippen molar-refractivity contribution in [3.8, 4) is 0 Å². The molecule has 1 N–H and O–H groups in total. The molecule has 0 aliphatic carbocycles. The smallest absolute Gasteiger partial charge is 0.123 e. The van der Waals surface area contributed by atoms with E-state index in [4.69, 9.17) is 0 Å². The molecule has 98 valence electrons. The maximum absolute atomic E-state index is 13.0. The van der Waals surface area contributed by atoms with E-state index in [0.717, 1.165) is 39.0 Å². The number of rotatable bonds is 5. The lowest BCUT2D eigenvalue weighted by atomic mass is 9.99. The maximum Gasteiger partial charge on any atom is 0.123 e. The van der Waals surface area contributed by atoms with Gasteiger partial charge >= 0.3 is 0 Å². The van der Waals surface area contributed by atoms with Gasteiger partial charge in [0.15, 0.2) is 0 Å². The summed E-state index contributed by atoms with van der Waals surface area (Å²) in [5, 5.41) is 3.36. The zero-order valence-corrected chi connectivity index (χ0v) is 10.7. The third-order valence-corrected chi connectivity index (χ3v) is 3.49. The molecule has 1 atom stereocenters. The number of allylic oxidation sites excluding steroid dienone is 1. The SMILES string of the molecule is C=CCC[C@@H](c1ccc(F)cc1)N1CCNCC1. The van der Waals surface area contributed by atoms with Crippen LogP contribution in [0.1, 0.15) is 24.4 Å². The topological polar surface area (TPSA) is 15.3 Å². The van der Waals surface area contributed by atoms with E-state index in [0.29, 0.717) is 6.04 Å². The Kier molecular flexibility index (Phi) is 4.90. The predicted molar refractivity (Wildman–Crippen MR) is 73.0 cm³/mol. The van der Waals surface area contributed by atoms with Crippen molar-refractivity contribution in [1.82, 2.24) is 10.2 Å². The molecule has 2 nitrogen and oxygen atoms in total. The monoisotopic (exact) mass is 248 g/mol. The number of hydrogen-bond donors (Lipinski definition) is 1. The standard InChI is InChI=1S/C15H21FN2/c1-2-3-4-15(18-11-9-17-10-12-18)13-5-7-14(16)8-6-13/h2,5-8,15,17H,1,3-4,9-12H2/t15-/m0/s1. The van der Waals surface area contributed by atoms with E-state index in [1.54, 1.807) is 12.1 Å². The van der Waals surface area contributed by atoms with Crippen LogP contribution in [0.25, 0.3) is 0 Å². The molecule has 0 amide bonds. The van der Waals surface area contributed by atoms with Crippen molar-refractivity contribution in [2.45, 2.75) is 18.9 Å². The number of benzene rings is 1. The first kappa shape index (κ1) is 13.2. The predicted octanol–water partition coefficient (Wildman–Crippen LogP) is 2.74. The summed E-state index contributed by atoms with van der Waals surface area (Å²) in [6.07, 6.45) is 4.00. The largest absolute Gasteiger partial charge is 0.314 e. The van der Waals surface area contributed by atoms with E-state index in [1.165, 1.54) is 5.56 Å². The molecule has 1 saturated heterocycles. The molecule has 0 aromatic heterocycles. The van der Waals surface area contributed by atoms with Crippen LogP contribution in [-0.4, -0.2) is 31.1 Å². The fourth-order valence-corrected chi connectivity index (χ4v) is 2.51. The molecule has 2 rings (SSSR count). The van der Waals surface area contributed by atoms with Crippen LogP contribution < -0.4 is 5.32 Å². The molecule has 1 aliphatic heterocycles. The minimum absolute atomic E-state index is 0.165. The molecule has 1 heterocycles. The molecular weight excluding hydrogens is 227 g/mol. The fraction of sp³-hybridized carbons (Fsp3) is 0.467. The second-order valence-corrected chi connectivity index (χ2v) is 4.72. The highest BCUT2D eigenvalue weighted by molar-refractivity contribution is 5.20. The van der Waals surface area contributed by atoms with Crippen LogP contribution in [0, 0.1) is 5.82 Å². The van der Waals surface area contributed by atoms with Crippen molar-refractivity contribution in [2.75, 3.05) is 26.2 Å². The highest BCUT2D eigenvalue weighted by Crippen LogP contribution is 2.26. The molecule has 1 fully saturated rings.